The summed E-state index contributed by atoms with van der Waals surface area (Å²) < 4.78 is 0. The second kappa shape index (κ2) is 5.11. The molecule has 0 atom stereocenters. The van der Waals surface area contributed by atoms with Crippen LogP contribution in [0.3, 0.4) is 0 Å². The highest BCUT2D eigenvalue weighted by Gasteiger charge is 2.46. The van der Waals surface area contributed by atoms with Gasteiger partial charge in [-0.25, -0.2) is 0 Å². The van der Waals surface area contributed by atoms with Crippen molar-refractivity contribution in [3.8, 4) is 0 Å². The summed E-state index contributed by atoms with van der Waals surface area (Å²) in [6.45, 7) is 17.0. The Labute approximate surface area is 118 Å². The molecule has 0 saturated carbocycles. The molecule has 1 heteroatoms. The first-order valence-corrected chi connectivity index (χ1v) is 7.32. The highest BCUT2D eigenvalue weighted by molar-refractivity contribution is 5.96. The molecule has 19 heavy (non-hydrogen) atoms. The molecule has 0 N–H and O–H groups in total. The van der Waals surface area contributed by atoms with E-state index in [4.69, 9.17) is 0 Å². The lowest BCUT2D eigenvalue weighted by atomic mass is 9.67. The predicted molar refractivity (Wildman–Crippen MR) is 83.0 cm³/mol. The Bertz CT molecular complexity index is 493. The van der Waals surface area contributed by atoms with Crippen LogP contribution in [0.5, 0.6) is 0 Å². The molecule has 0 aliphatic heterocycles. The van der Waals surface area contributed by atoms with E-state index in [-0.39, 0.29) is 16.6 Å². The van der Waals surface area contributed by atoms with Crippen molar-refractivity contribution in [2.75, 3.05) is 0 Å². The van der Waals surface area contributed by atoms with Crippen molar-refractivity contribution in [3.63, 3.8) is 0 Å². The molecule has 0 bridgehead atoms. The minimum atomic E-state index is 0.137. The first-order chi connectivity index (χ1) is 8.68. The van der Waals surface area contributed by atoms with E-state index in [1.54, 1.807) is 6.92 Å². The Kier molecular flexibility index (Phi) is 4.29. The maximum absolute atomic E-state index is 11.6. The SMILES string of the molecule is CC.CC(=O)c1ccc2c(c1C)C(C)(C)C(C)(C)C2. The van der Waals surface area contributed by atoms with E-state index in [1.807, 2.05) is 19.9 Å². The Balaban J connectivity index is 0.000000861. The van der Waals surface area contributed by atoms with Crippen molar-refractivity contribution in [1.29, 1.82) is 0 Å². The third-order valence-corrected chi connectivity index (χ3v) is 4.88. The smallest absolute Gasteiger partial charge is 0.160 e. The average Bonchev–Trinajstić information content (AvgIpc) is 2.48. The maximum Gasteiger partial charge on any atom is 0.160 e. The van der Waals surface area contributed by atoms with Gasteiger partial charge in [0.05, 0.1) is 0 Å². The number of fused-ring (bicyclic) bond motifs is 1. The summed E-state index contributed by atoms with van der Waals surface area (Å²) in [6, 6.07) is 4.14. The molecule has 0 saturated heterocycles. The van der Waals surface area contributed by atoms with E-state index < -0.39 is 0 Å². The Morgan fingerprint density at radius 1 is 1.11 bits per heavy atom. The molecule has 2 rings (SSSR count). The summed E-state index contributed by atoms with van der Waals surface area (Å²) in [7, 11) is 0. The van der Waals surface area contributed by atoms with Crippen molar-refractivity contribution in [1.82, 2.24) is 0 Å². The van der Waals surface area contributed by atoms with Gasteiger partial charge in [-0.1, -0.05) is 53.7 Å². The molecular formula is C18H28O. The fourth-order valence-electron chi connectivity index (χ4n) is 3.20. The van der Waals surface area contributed by atoms with Gasteiger partial charge in [0.2, 0.25) is 0 Å². The first-order valence-electron chi connectivity index (χ1n) is 7.32. The highest BCUT2D eigenvalue weighted by atomic mass is 16.1. The van der Waals surface area contributed by atoms with Crippen LogP contribution in [-0.2, 0) is 11.8 Å². The number of carbonyl (C=O) groups excluding carboxylic acids is 1. The van der Waals surface area contributed by atoms with Gasteiger partial charge >= 0.3 is 0 Å². The van der Waals surface area contributed by atoms with Crippen LogP contribution in [0.2, 0.25) is 0 Å². The number of ketones is 1. The average molecular weight is 260 g/mol. The Hall–Kier alpha value is -1.11. The minimum Gasteiger partial charge on any atom is -0.295 e. The molecule has 1 aliphatic carbocycles. The first kappa shape index (κ1) is 15.9. The normalized spacial score (nSPS) is 18.3. The molecule has 0 heterocycles. The third-order valence-electron chi connectivity index (χ3n) is 4.88. The Morgan fingerprint density at radius 3 is 2.11 bits per heavy atom. The van der Waals surface area contributed by atoms with Gasteiger partial charge in [-0.15, -0.1) is 0 Å². The van der Waals surface area contributed by atoms with Crippen molar-refractivity contribution >= 4 is 5.78 Å². The molecule has 1 aromatic rings. The highest BCUT2D eigenvalue weighted by Crippen LogP contribution is 2.52. The lowest BCUT2D eigenvalue weighted by molar-refractivity contribution is 0.101. The van der Waals surface area contributed by atoms with Crippen LogP contribution in [0.1, 0.15) is 75.5 Å². The number of carbonyl (C=O) groups is 1. The van der Waals surface area contributed by atoms with Crippen molar-refractivity contribution < 1.29 is 4.79 Å². The largest absolute Gasteiger partial charge is 0.295 e. The summed E-state index contributed by atoms with van der Waals surface area (Å²) in [6.07, 6.45) is 1.11. The van der Waals surface area contributed by atoms with Gasteiger partial charge < -0.3 is 0 Å². The van der Waals surface area contributed by atoms with E-state index in [0.717, 1.165) is 12.0 Å². The van der Waals surface area contributed by atoms with Crippen LogP contribution in [0.15, 0.2) is 12.1 Å². The molecule has 0 radical (unpaired) electrons. The molecule has 1 aliphatic rings. The molecule has 1 nitrogen and oxygen atoms in total. The van der Waals surface area contributed by atoms with Gasteiger partial charge in [-0.2, -0.15) is 0 Å². The summed E-state index contributed by atoms with van der Waals surface area (Å²) >= 11 is 0. The molecule has 0 unspecified atom stereocenters. The number of Topliss-reactive ketones (excluding diaryl/α,β-unsaturated/α-hetero) is 1. The summed E-state index contributed by atoms with van der Waals surface area (Å²) in [5, 5.41) is 0. The van der Waals surface area contributed by atoms with Gasteiger partial charge in [0.25, 0.3) is 0 Å². The molecule has 106 valence electrons. The van der Waals surface area contributed by atoms with Crippen molar-refractivity contribution in [3.05, 3.63) is 34.4 Å². The van der Waals surface area contributed by atoms with Crippen LogP contribution in [0.25, 0.3) is 0 Å². The predicted octanol–water partition coefficient (Wildman–Crippen LogP) is 5.08. The van der Waals surface area contributed by atoms with Gasteiger partial charge in [-0.05, 0) is 47.8 Å². The number of hydrogen-bond acceptors (Lipinski definition) is 1. The zero-order chi connectivity index (χ0) is 15.0. The van der Waals surface area contributed by atoms with Crippen LogP contribution in [0, 0.1) is 12.3 Å². The maximum atomic E-state index is 11.6. The summed E-state index contributed by atoms with van der Waals surface area (Å²) in [5.74, 6) is 0.172. The van der Waals surface area contributed by atoms with Crippen LogP contribution in [-0.4, -0.2) is 5.78 Å². The van der Waals surface area contributed by atoms with Crippen LogP contribution < -0.4 is 0 Å². The summed E-state index contributed by atoms with van der Waals surface area (Å²) in [5.41, 5.74) is 5.28. The lowest BCUT2D eigenvalue weighted by Gasteiger charge is -2.36. The van der Waals surface area contributed by atoms with Crippen LogP contribution in [0.4, 0.5) is 0 Å². The fraction of sp³-hybridized carbons (Fsp3) is 0.611. The minimum absolute atomic E-state index is 0.137. The molecule has 0 amide bonds. The topological polar surface area (TPSA) is 17.1 Å². The molecule has 1 aromatic carbocycles. The standard InChI is InChI=1S/C16H22O.C2H6/c1-10-13(11(2)17)8-7-12-9-15(3,4)16(5,6)14(10)12;1-2/h7-8H,9H2,1-6H3;1-2H3. The van der Waals surface area contributed by atoms with E-state index in [2.05, 4.69) is 40.7 Å². The van der Waals surface area contributed by atoms with Gasteiger partial charge in [0.15, 0.2) is 5.78 Å². The zero-order valence-corrected chi connectivity index (χ0v) is 13.8. The van der Waals surface area contributed by atoms with Gasteiger partial charge in [0.1, 0.15) is 0 Å². The van der Waals surface area contributed by atoms with E-state index in [9.17, 15) is 4.79 Å². The Morgan fingerprint density at radius 2 is 1.63 bits per heavy atom. The second-order valence-electron chi connectivity index (χ2n) is 6.51. The zero-order valence-electron chi connectivity index (χ0n) is 13.8. The van der Waals surface area contributed by atoms with Crippen molar-refractivity contribution in [2.24, 2.45) is 5.41 Å². The van der Waals surface area contributed by atoms with Gasteiger partial charge in [-0.3, -0.25) is 4.79 Å². The second-order valence-corrected chi connectivity index (χ2v) is 6.51. The number of hydrogen-bond donors (Lipinski definition) is 0. The molecule has 0 fully saturated rings. The third kappa shape index (κ3) is 2.35. The van der Waals surface area contributed by atoms with E-state index >= 15 is 0 Å². The summed E-state index contributed by atoms with van der Waals surface area (Å²) in [4.78, 5) is 11.6. The monoisotopic (exact) mass is 260 g/mol. The van der Waals surface area contributed by atoms with Gasteiger partial charge in [0, 0.05) is 5.56 Å². The van der Waals surface area contributed by atoms with Crippen molar-refractivity contribution in [2.45, 2.75) is 67.2 Å². The molecule has 0 aromatic heterocycles. The quantitative estimate of drug-likeness (QED) is 0.643. The van der Waals surface area contributed by atoms with E-state index in [1.165, 1.54) is 16.7 Å². The number of benzene rings is 1. The number of rotatable bonds is 1. The van der Waals surface area contributed by atoms with Crippen LogP contribution >= 0.6 is 0 Å². The molecular weight excluding hydrogens is 232 g/mol. The van der Waals surface area contributed by atoms with E-state index in [0.29, 0.717) is 0 Å². The fourth-order valence-corrected chi connectivity index (χ4v) is 3.20. The lowest BCUT2D eigenvalue weighted by Crippen LogP contribution is -2.32. The molecule has 0 spiro atoms.